The molecule has 0 radical (unpaired) electrons. The number of benzene rings is 2. The molecule has 2 aromatic carbocycles. The molecule has 1 amide bonds. The Morgan fingerprint density at radius 1 is 1.00 bits per heavy atom. The van der Waals surface area contributed by atoms with E-state index in [4.69, 9.17) is 21.4 Å². The molecule has 2 aliphatic carbocycles. The smallest absolute Gasteiger partial charge is 0.254 e. The zero-order valence-corrected chi connectivity index (χ0v) is 30.0. The maximum absolute atomic E-state index is 13.1. The van der Waals surface area contributed by atoms with Crippen LogP contribution in [-0.2, 0) is 16.9 Å². The average Bonchev–Trinajstić information content (AvgIpc) is 4.10. The van der Waals surface area contributed by atoms with Crippen molar-refractivity contribution in [1.82, 2.24) is 15.2 Å². The molecular formula is C39H52ClN3O8. The highest BCUT2D eigenvalue weighted by Gasteiger charge is 2.46. The van der Waals surface area contributed by atoms with Crippen LogP contribution in [-0.4, -0.2) is 103 Å². The molecule has 1 heterocycles. The molecule has 0 aliphatic heterocycles. The highest BCUT2D eigenvalue weighted by molar-refractivity contribution is 6.31. The first-order valence-corrected chi connectivity index (χ1v) is 18.4. The number of hydrogen-bond acceptors (Lipinski definition) is 10. The Kier molecular flexibility index (Phi) is 13.9. The summed E-state index contributed by atoms with van der Waals surface area (Å²) in [7, 11) is 0. The summed E-state index contributed by atoms with van der Waals surface area (Å²) in [5.41, 5.74) is 5.19. The number of aromatic nitrogens is 1. The lowest BCUT2D eigenvalue weighted by Gasteiger charge is -2.30. The molecule has 51 heavy (non-hydrogen) atoms. The van der Waals surface area contributed by atoms with Gasteiger partial charge in [-0.05, 0) is 97.7 Å². The zero-order valence-electron chi connectivity index (χ0n) is 29.2. The number of unbranched alkanes of at least 4 members (excludes halogenated alkanes) is 1. The van der Waals surface area contributed by atoms with E-state index in [2.05, 4.69) is 35.4 Å². The molecule has 5 rings (SSSR count). The predicted octanol–water partition coefficient (Wildman–Crippen LogP) is 3.64. The van der Waals surface area contributed by atoms with Gasteiger partial charge in [0.1, 0.15) is 24.1 Å². The third kappa shape index (κ3) is 10.1. The summed E-state index contributed by atoms with van der Waals surface area (Å²) < 4.78 is 6.26. The first-order valence-electron chi connectivity index (χ1n) is 18.0. The lowest BCUT2D eigenvalue weighted by Crippen LogP contribution is -2.53. The van der Waals surface area contributed by atoms with E-state index >= 15 is 0 Å². The van der Waals surface area contributed by atoms with Crippen LogP contribution in [0, 0.1) is 0 Å². The Morgan fingerprint density at radius 3 is 2.45 bits per heavy atom. The maximum atomic E-state index is 13.1. The van der Waals surface area contributed by atoms with Crippen molar-refractivity contribution >= 4 is 17.5 Å². The number of rotatable bonds is 21. The fourth-order valence-corrected chi connectivity index (χ4v) is 6.68. The first kappa shape index (κ1) is 39.1. The van der Waals surface area contributed by atoms with Crippen LogP contribution in [0.15, 0.2) is 60.9 Å². The molecular weight excluding hydrogens is 674 g/mol. The molecule has 2 aliphatic rings. The van der Waals surface area contributed by atoms with E-state index in [0.29, 0.717) is 43.4 Å². The number of carbonyl (C=O) groups excluding carboxylic acids is 1. The van der Waals surface area contributed by atoms with Gasteiger partial charge in [0.15, 0.2) is 6.10 Å². The van der Waals surface area contributed by atoms with Gasteiger partial charge in [-0.15, -0.1) is 0 Å². The van der Waals surface area contributed by atoms with Gasteiger partial charge in [0.2, 0.25) is 0 Å². The molecule has 0 spiro atoms. The standard InChI is InChI=1S/C39H52ClN3O8/c1-25(7-6-19-43(18-4-5-20-44)38(50)37(49)36(48)35(47)33(46)24-45)26-10-13-32(40)27(21-26)22-42-39(15-16-39)31-23-41-17-14-29(31)30-8-2-3-9-34(30)51-28-11-12-28/h2-3,8-10,13-14,17,21,23,25,28,33,35-37,42,44-49H,4-7,11-12,15-16,18-20,22,24H2,1H3/t25?,33-,35+,36-,37-/m0/s1. The van der Waals surface area contributed by atoms with Crippen molar-refractivity contribution in [3.63, 3.8) is 0 Å². The minimum Gasteiger partial charge on any atom is -0.490 e. The Bertz CT molecular complexity index is 1590. The topological polar surface area (TPSA) is 176 Å². The number of nitrogens with zero attached hydrogens (tertiary/aromatic N) is 2. The summed E-state index contributed by atoms with van der Waals surface area (Å²) in [5.74, 6) is 0.230. The van der Waals surface area contributed by atoms with Gasteiger partial charge in [-0.1, -0.05) is 48.9 Å². The molecule has 3 aromatic rings. The lowest BCUT2D eigenvalue weighted by molar-refractivity contribution is -0.158. The van der Waals surface area contributed by atoms with Crippen LogP contribution in [0.2, 0.25) is 5.02 Å². The lowest BCUT2D eigenvalue weighted by atomic mass is 9.93. The molecule has 7 N–H and O–H groups in total. The van der Waals surface area contributed by atoms with Crippen molar-refractivity contribution in [3.05, 3.63) is 82.6 Å². The number of halogens is 1. The average molecular weight is 726 g/mol. The molecule has 0 bridgehead atoms. The Hall–Kier alpha value is -3.13. The molecule has 5 atom stereocenters. The van der Waals surface area contributed by atoms with E-state index in [-0.39, 0.29) is 31.2 Å². The SMILES string of the molecule is CC(CCCN(CCCCO)C(=O)[C@@H](O)[C@@H](O)[C@H](O)[C@@H](O)CO)c1ccc(Cl)c(CNC2(c3cnccc3-c3ccccc3OC3CC3)CC2)c1. The number of aliphatic hydroxyl groups excluding tert-OH is 6. The van der Waals surface area contributed by atoms with Crippen LogP contribution < -0.4 is 10.1 Å². The predicted molar refractivity (Wildman–Crippen MR) is 194 cm³/mol. The molecule has 11 nitrogen and oxygen atoms in total. The highest BCUT2D eigenvalue weighted by Crippen LogP contribution is 2.50. The summed E-state index contributed by atoms with van der Waals surface area (Å²) in [4.78, 5) is 19.0. The number of ether oxygens (including phenoxy) is 1. The van der Waals surface area contributed by atoms with Crippen LogP contribution >= 0.6 is 11.6 Å². The molecule has 2 fully saturated rings. The summed E-state index contributed by atoms with van der Waals surface area (Å²) in [6.07, 6.45) is 2.90. The van der Waals surface area contributed by atoms with Crippen molar-refractivity contribution in [2.75, 3.05) is 26.3 Å². The van der Waals surface area contributed by atoms with Crippen molar-refractivity contribution in [3.8, 4) is 16.9 Å². The second-order valence-electron chi connectivity index (χ2n) is 14.0. The van der Waals surface area contributed by atoms with Gasteiger partial charge in [-0.3, -0.25) is 9.78 Å². The summed E-state index contributed by atoms with van der Waals surface area (Å²) in [5, 5.41) is 63.2. The van der Waals surface area contributed by atoms with Crippen molar-refractivity contribution < 1.29 is 40.2 Å². The van der Waals surface area contributed by atoms with E-state index < -0.39 is 36.9 Å². The third-order valence-electron chi connectivity index (χ3n) is 10.1. The molecule has 0 saturated heterocycles. The van der Waals surface area contributed by atoms with E-state index in [0.717, 1.165) is 59.3 Å². The molecule has 12 heteroatoms. The van der Waals surface area contributed by atoms with Gasteiger partial charge in [0.25, 0.3) is 5.91 Å². The van der Waals surface area contributed by atoms with Crippen LogP contribution in [0.3, 0.4) is 0 Å². The summed E-state index contributed by atoms with van der Waals surface area (Å²) in [6, 6.07) is 16.3. The summed E-state index contributed by atoms with van der Waals surface area (Å²) in [6.45, 7) is 2.31. The van der Waals surface area contributed by atoms with Crippen molar-refractivity contribution in [2.24, 2.45) is 0 Å². The largest absolute Gasteiger partial charge is 0.490 e. The number of carbonyl (C=O) groups is 1. The van der Waals surface area contributed by atoms with Gasteiger partial charge in [-0.2, -0.15) is 0 Å². The fraction of sp³-hybridized carbons (Fsp3) is 0.538. The number of para-hydroxylation sites is 1. The van der Waals surface area contributed by atoms with Crippen LogP contribution in [0.5, 0.6) is 5.75 Å². The quantitative estimate of drug-likeness (QED) is 0.0804. The maximum Gasteiger partial charge on any atom is 0.254 e. The number of pyridine rings is 1. The van der Waals surface area contributed by atoms with E-state index in [1.54, 1.807) is 0 Å². The van der Waals surface area contributed by atoms with Crippen molar-refractivity contribution in [2.45, 2.75) is 107 Å². The molecule has 1 unspecified atom stereocenters. The van der Waals surface area contributed by atoms with Crippen molar-refractivity contribution in [1.29, 1.82) is 0 Å². The zero-order chi connectivity index (χ0) is 36.5. The van der Waals surface area contributed by atoms with Gasteiger partial charge < -0.3 is 45.6 Å². The third-order valence-corrected chi connectivity index (χ3v) is 10.4. The Labute approximate surface area is 304 Å². The van der Waals surface area contributed by atoms with Gasteiger partial charge in [-0.25, -0.2) is 0 Å². The van der Waals surface area contributed by atoms with Crippen LogP contribution in [0.25, 0.3) is 11.1 Å². The second kappa shape index (κ2) is 18.1. The molecule has 1 aromatic heterocycles. The molecule has 2 saturated carbocycles. The number of aliphatic hydroxyl groups is 6. The second-order valence-corrected chi connectivity index (χ2v) is 14.4. The minimum atomic E-state index is -1.98. The first-order chi connectivity index (χ1) is 24.6. The van der Waals surface area contributed by atoms with Gasteiger partial charge >= 0.3 is 0 Å². The highest BCUT2D eigenvalue weighted by atomic mass is 35.5. The minimum absolute atomic E-state index is 0.0484. The normalized spacial score (nSPS) is 18.0. The van der Waals surface area contributed by atoms with Crippen LogP contribution in [0.1, 0.15) is 80.9 Å². The Balaban J connectivity index is 1.22. The van der Waals surface area contributed by atoms with Crippen LogP contribution in [0.4, 0.5) is 0 Å². The fourth-order valence-electron chi connectivity index (χ4n) is 6.49. The number of hydrogen-bond donors (Lipinski definition) is 7. The van der Waals surface area contributed by atoms with Gasteiger partial charge in [0.05, 0.1) is 12.7 Å². The Morgan fingerprint density at radius 2 is 1.75 bits per heavy atom. The van der Waals surface area contributed by atoms with E-state index in [9.17, 15) is 30.3 Å². The summed E-state index contributed by atoms with van der Waals surface area (Å²) >= 11 is 6.72. The number of nitrogens with one attached hydrogen (secondary N) is 1. The van der Waals surface area contributed by atoms with E-state index in [1.807, 2.05) is 42.7 Å². The van der Waals surface area contributed by atoms with E-state index in [1.165, 1.54) is 4.90 Å². The molecule has 278 valence electrons. The monoisotopic (exact) mass is 725 g/mol. The van der Waals surface area contributed by atoms with Gasteiger partial charge in [0, 0.05) is 54.8 Å². The number of amides is 1.